The summed E-state index contributed by atoms with van der Waals surface area (Å²) in [6.45, 7) is 0.843. The molecule has 39 heavy (non-hydrogen) atoms. The number of hydrogen-bond acceptors (Lipinski definition) is 6. The number of aromatic hydroxyl groups is 1. The van der Waals surface area contributed by atoms with Crippen LogP contribution in [0.3, 0.4) is 0 Å². The number of aliphatic carboxylic acids is 1. The summed E-state index contributed by atoms with van der Waals surface area (Å²) in [6.07, 6.45) is 1.00. The van der Waals surface area contributed by atoms with Gasteiger partial charge >= 0.3 is 5.97 Å². The highest BCUT2D eigenvalue weighted by Crippen LogP contribution is 2.33. The van der Waals surface area contributed by atoms with E-state index in [0.717, 1.165) is 0 Å². The highest BCUT2D eigenvalue weighted by Gasteiger charge is 2.21. The smallest absolute Gasteiger partial charge is 0.307 e. The molecule has 0 fully saturated rings. The van der Waals surface area contributed by atoms with Crippen molar-refractivity contribution < 1.29 is 23.4 Å². The van der Waals surface area contributed by atoms with Crippen LogP contribution in [0.2, 0.25) is 5.02 Å². The minimum atomic E-state index is -3.50. The molecule has 4 aromatic rings. The minimum Gasteiger partial charge on any atom is -0.494 e. The second kappa shape index (κ2) is 11.5. The maximum atomic E-state index is 12.4. The SMILES string of the molecule is CN(C)CCN(c1ccc(N=C(c2cccc(CC(=O)O)c2)c2c(O)[nH]c3cc(Cl)ccc23)cc1)S(C)(=O)=O. The molecule has 0 spiro atoms. The van der Waals surface area contributed by atoms with Gasteiger partial charge in [0.1, 0.15) is 0 Å². The van der Waals surface area contributed by atoms with Gasteiger partial charge in [0.2, 0.25) is 10.0 Å². The van der Waals surface area contributed by atoms with Crippen LogP contribution in [0.15, 0.2) is 71.7 Å². The Bertz CT molecular complexity index is 1650. The lowest BCUT2D eigenvalue weighted by atomic mass is 9.98. The molecule has 3 N–H and O–H groups in total. The molecular formula is C28H29ClN4O5S. The standard InChI is InChI=1S/C28H29ClN4O5S/c1-32(2)13-14-33(39(3,37)38)22-10-8-21(9-11-22)30-27(19-6-4-5-18(15-19)16-25(34)35)26-23-12-7-20(29)17-24(23)31-28(26)36/h4-12,15,17,31,36H,13-14,16H2,1-3H3,(H,34,35). The summed E-state index contributed by atoms with van der Waals surface area (Å²) in [5, 5.41) is 21.4. The summed E-state index contributed by atoms with van der Waals surface area (Å²) in [4.78, 5) is 21.0. The van der Waals surface area contributed by atoms with Crippen molar-refractivity contribution in [2.24, 2.45) is 4.99 Å². The van der Waals surface area contributed by atoms with Gasteiger partial charge in [-0.2, -0.15) is 0 Å². The van der Waals surface area contributed by atoms with E-state index >= 15 is 0 Å². The Morgan fingerprint density at radius 1 is 1.03 bits per heavy atom. The van der Waals surface area contributed by atoms with Gasteiger partial charge in [0.25, 0.3) is 0 Å². The Kier molecular flexibility index (Phi) is 8.29. The summed E-state index contributed by atoms with van der Waals surface area (Å²) in [6, 6.07) is 18.9. The van der Waals surface area contributed by atoms with E-state index in [1.165, 1.54) is 10.6 Å². The van der Waals surface area contributed by atoms with Gasteiger partial charge < -0.3 is 20.1 Å². The molecule has 0 aliphatic heterocycles. The molecule has 0 bridgehead atoms. The predicted octanol–water partition coefficient (Wildman–Crippen LogP) is 4.65. The van der Waals surface area contributed by atoms with E-state index in [0.29, 0.717) is 62.8 Å². The van der Waals surface area contributed by atoms with Crippen molar-refractivity contribution in [2.45, 2.75) is 6.42 Å². The van der Waals surface area contributed by atoms with Crippen LogP contribution in [0.4, 0.5) is 11.4 Å². The second-order valence-corrected chi connectivity index (χ2v) is 11.8. The first-order chi connectivity index (χ1) is 18.4. The largest absolute Gasteiger partial charge is 0.494 e. The van der Waals surface area contributed by atoms with Crippen molar-refractivity contribution in [3.63, 3.8) is 0 Å². The number of carboxylic acid groups (broad SMARTS) is 1. The highest BCUT2D eigenvalue weighted by atomic mass is 35.5. The monoisotopic (exact) mass is 568 g/mol. The zero-order chi connectivity index (χ0) is 28.3. The average Bonchev–Trinajstić information content (AvgIpc) is 3.16. The number of carboxylic acids is 1. The third-order valence-corrected chi connectivity index (χ3v) is 7.49. The van der Waals surface area contributed by atoms with E-state index in [1.54, 1.807) is 66.7 Å². The number of nitrogens with zero attached hydrogens (tertiary/aromatic N) is 3. The quantitative estimate of drug-likeness (QED) is 0.239. The van der Waals surface area contributed by atoms with E-state index in [-0.39, 0.29) is 12.3 Å². The van der Waals surface area contributed by atoms with E-state index in [9.17, 15) is 23.4 Å². The molecule has 3 aromatic carbocycles. The molecule has 0 amide bonds. The fourth-order valence-corrected chi connectivity index (χ4v) is 5.35. The molecule has 0 radical (unpaired) electrons. The van der Waals surface area contributed by atoms with Crippen LogP contribution in [0.5, 0.6) is 5.88 Å². The lowest BCUT2D eigenvalue weighted by Gasteiger charge is -2.24. The van der Waals surface area contributed by atoms with Gasteiger partial charge in [-0.05, 0) is 62.1 Å². The molecule has 0 aliphatic rings. The second-order valence-electron chi connectivity index (χ2n) is 9.42. The predicted molar refractivity (Wildman–Crippen MR) is 155 cm³/mol. The fraction of sp³-hybridized carbons (Fsp3) is 0.214. The van der Waals surface area contributed by atoms with Crippen LogP contribution >= 0.6 is 11.6 Å². The number of aliphatic imine (C=N–C) groups is 1. The van der Waals surface area contributed by atoms with E-state index in [4.69, 9.17) is 16.6 Å². The summed E-state index contributed by atoms with van der Waals surface area (Å²) in [5.41, 5.74) is 3.66. The molecule has 1 aromatic heterocycles. The molecule has 1 heterocycles. The molecule has 0 saturated carbocycles. The van der Waals surface area contributed by atoms with Crippen molar-refractivity contribution in [3.05, 3.63) is 88.4 Å². The number of halogens is 1. The molecule has 0 aliphatic carbocycles. The van der Waals surface area contributed by atoms with Crippen LogP contribution < -0.4 is 4.31 Å². The number of aromatic amines is 1. The normalized spacial score (nSPS) is 12.3. The van der Waals surface area contributed by atoms with Crippen LogP contribution in [0.25, 0.3) is 10.9 Å². The molecule has 0 saturated heterocycles. The van der Waals surface area contributed by atoms with Crippen LogP contribution in [0, 0.1) is 0 Å². The van der Waals surface area contributed by atoms with Gasteiger partial charge in [0, 0.05) is 29.1 Å². The third-order valence-electron chi connectivity index (χ3n) is 6.06. The number of nitrogens with one attached hydrogen (secondary N) is 1. The minimum absolute atomic E-state index is 0.113. The van der Waals surface area contributed by atoms with E-state index < -0.39 is 16.0 Å². The zero-order valence-electron chi connectivity index (χ0n) is 21.7. The maximum Gasteiger partial charge on any atom is 0.307 e. The maximum absolute atomic E-state index is 12.4. The molecule has 9 nitrogen and oxygen atoms in total. The van der Waals surface area contributed by atoms with E-state index in [2.05, 4.69) is 4.98 Å². The van der Waals surface area contributed by atoms with E-state index in [1.807, 2.05) is 19.0 Å². The molecule has 4 rings (SSSR count). The first-order valence-corrected chi connectivity index (χ1v) is 14.3. The average molecular weight is 569 g/mol. The Morgan fingerprint density at radius 2 is 1.74 bits per heavy atom. The van der Waals surface area contributed by atoms with Gasteiger partial charge in [-0.25, -0.2) is 13.4 Å². The summed E-state index contributed by atoms with van der Waals surface area (Å²) < 4.78 is 26.2. The van der Waals surface area contributed by atoms with Crippen LogP contribution in [0.1, 0.15) is 16.7 Å². The Hall–Kier alpha value is -3.86. The lowest BCUT2D eigenvalue weighted by molar-refractivity contribution is -0.136. The van der Waals surface area contributed by atoms with Gasteiger partial charge in [-0.3, -0.25) is 9.10 Å². The summed E-state index contributed by atoms with van der Waals surface area (Å²) in [5.74, 6) is -1.08. The third kappa shape index (κ3) is 6.78. The van der Waals surface area contributed by atoms with Crippen molar-refractivity contribution in [1.82, 2.24) is 9.88 Å². The van der Waals surface area contributed by atoms with Gasteiger partial charge in [-0.1, -0.05) is 35.9 Å². The molecule has 11 heteroatoms. The first-order valence-electron chi connectivity index (χ1n) is 12.1. The van der Waals surface area contributed by atoms with Crippen molar-refractivity contribution >= 4 is 55.6 Å². The number of carbonyl (C=O) groups is 1. The summed E-state index contributed by atoms with van der Waals surface area (Å²) in [7, 11) is 0.247. The van der Waals surface area contributed by atoms with Crippen LogP contribution in [-0.2, 0) is 21.2 Å². The van der Waals surface area contributed by atoms with Gasteiger partial charge in [-0.15, -0.1) is 0 Å². The first kappa shape index (κ1) is 28.2. The number of H-pyrrole nitrogens is 1. The molecule has 204 valence electrons. The number of likely N-dealkylation sites (N-methyl/N-ethyl adjacent to an activating group) is 1. The summed E-state index contributed by atoms with van der Waals surface area (Å²) >= 11 is 6.15. The zero-order valence-corrected chi connectivity index (χ0v) is 23.3. The topological polar surface area (TPSA) is 126 Å². The Balaban J connectivity index is 1.84. The highest BCUT2D eigenvalue weighted by molar-refractivity contribution is 7.92. The molecule has 0 unspecified atom stereocenters. The lowest BCUT2D eigenvalue weighted by Crippen LogP contribution is -2.35. The Morgan fingerprint density at radius 3 is 2.38 bits per heavy atom. The van der Waals surface area contributed by atoms with Crippen molar-refractivity contribution in [3.8, 4) is 5.88 Å². The number of aromatic nitrogens is 1. The molecular weight excluding hydrogens is 540 g/mol. The number of rotatable bonds is 10. The van der Waals surface area contributed by atoms with Crippen molar-refractivity contribution in [2.75, 3.05) is 37.7 Å². The fourth-order valence-electron chi connectivity index (χ4n) is 4.26. The van der Waals surface area contributed by atoms with Gasteiger partial charge in [0.05, 0.1) is 40.8 Å². The number of hydrogen-bond donors (Lipinski definition) is 3. The van der Waals surface area contributed by atoms with Gasteiger partial charge in [0.15, 0.2) is 5.88 Å². The number of sulfonamides is 1. The number of benzene rings is 3. The van der Waals surface area contributed by atoms with Crippen molar-refractivity contribution in [1.29, 1.82) is 0 Å². The number of fused-ring (bicyclic) bond motifs is 1. The Labute approximate surface area is 232 Å². The number of anilines is 1. The van der Waals surface area contributed by atoms with Crippen LogP contribution in [-0.4, -0.2) is 73.6 Å². The molecule has 0 atom stereocenters.